The summed E-state index contributed by atoms with van der Waals surface area (Å²) in [4.78, 5) is 22.1. The van der Waals surface area contributed by atoms with Crippen LogP contribution in [0.2, 0.25) is 0 Å². The monoisotopic (exact) mass is 472 g/mol. The van der Waals surface area contributed by atoms with Crippen LogP contribution < -0.4 is 16.6 Å². The van der Waals surface area contributed by atoms with Crippen LogP contribution in [0.1, 0.15) is 26.3 Å². The standard InChI is InChI=1S/C24H20N6O5/c25-20(12-29(26)18-8-9-19(24(34)35)22(31)11-18)15-2-1-3-16(10-15)21-13-30(28-27-21)17-6-4-14(5-7-17)23(32)33/h1-13,31H,25-26H2,(H,32,33)(H,34,35)/b20-12-. The summed E-state index contributed by atoms with van der Waals surface area (Å²) in [6, 6.07) is 17.4. The number of aromatic hydroxyl groups is 1. The topological polar surface area (TPSA) is 181 Å². The van der Waals surface area contributed by atoms with Gasteiger partial charge in [0.2, 0.25) is 0 Å². The number of nitrogens with two attached hydrogens (primary N) is 2. The highest BCUT2D eigenvalue weighted by molar-refractivity contribution is 5.91. The van der Waals surface area contributed by atoms with Crippen molar-refractivity contribution in [2.45, 2.75) is 0 Å². The minimum atomic E-state index is -1.25. The van der Waals surface area contributed by atoms with Crippen molar-refractivity contribution in [3.8, 4) is 22.7 Å². The van der Waals surface area contributed by atoms with E-state index in [1.165, 1.54) is 46.2 Å². The van der Waals surface area contributed by atoms with Crippen LogP contribution in [0, 0.1) is 0 Å². The Labute approximate surface area is 198 Å². The quantitative estimate of drug-likeness (QED) is 0.198. The van der Waals surface area contributed by atoms with E-state index in [1.54, 1.807) is 36.5 Å². The Morgan fingerprint density at radius 2 is 1.69 bits per heavy atom. The van der Waals surface area contributed by atoms with Crippen LogP contribution in [0.25, 0.3) is 22.6 Å². The lowest BCUT2D eigenvalue weighted by Gasteiger charge is -2.16. The number of aromatic carboxylic acids is 2. The molecule has 0 saturated heterocycles. The van der Waals surface area contributed by atoms with Gasteiger partial charge in [-0.05, 0) is 48.0 Å². The van der Waals surface area contributed by atoms with Gasteiger partial charge < -0.3 is 21.1 Å². The number of rotatable bonds is 7. The number of carboxylic acids is 2. The maximum Gasteiger partial charge on any atom is 0.339 e. The first-order chi connectivity index (χ1) is 16.7. The molecule has 4 rings (SSSR count). The molecule has 0 atom stereocenters. The molecule has 0 aliphatic carbocycles. The van der Waals surface area contributed by atoms with Crippen molar-refractivity contribution >= 4 is 23.3 Å². The van der Waals surface area contributed by atoms with Crippen molar-refractivity contribution in [3.63, 3.8) is 0 Å². The van der Waals surface area contributed by atoms with E-state index in [0.717, 1.165) is 5.56 Å². The van der Waals surface area contributed by atoms with Crippen LogP contribution in [-0.4, -0.2) is 42.3 Å². The van der Waals surface area contributed by atoms with Gasteiger partial charge in [0.05, 0.1) is 28.8 Å². The van der Waals surface area contributed by atoms with E-state index in [4.69, 9.17) is 21.8 Å². The third-order valence-electron chi connectivity index (χ3n) is 5.15. The van der Waals surface area contributed by atoms with Gasteiger partial charge >= 0.3 is 11.9 Å². The molecule has 0 aliphatic heterocycles. The van der Waals surface area contributed by atoms with Crippen molar-refractivity contribution in [3.05, 3.63) is 95.8 Å². The summed E-state index contributed by atoms with van der Waals surface area (Å²) in [5.41, 5.74) is 9.41. The Morgan fingerprint density at radius 3 is 2.34 bits per heavy atom. The van der Waals surface area contributed by atoms with Crippen molar-refractivity contribution in [1.82, 2.24) is 15.0 Å². The molecule has 0 bridgehead atoms. The molecule has 1 heterocycles. The zero-order valence-corrected chi connectivity index (χ0v) is 18.1. The minimum absolute atomic E-state index is 0.172. The summed E-state index contributed by atoms with van der Waals surface area (Å²) in [7, 11) is 0. The summed E-state index contributed by atoms with van der Waals surface area (Å²) in [5, 5.41) is 37.4. The normalized spacial score (nSPS) is 11.3. The summed E-state index contributed by atoms with van der Waals surface area (Å²) in [5.74, 6) is 3.35. The highest BCUT2D eigenvalue weighted by atomic mass is 16.4. The molecule has 35 heavy (non-hydrogen) atoms. The molecule has 0 aliphatic rings. The predicted octanol–water partition coefficient (Wildman–Crippen LogP) is 2.67. The van der Waals surface area contributed by atoms with Crippen molar-refractivity contribution in [2.75, 3.05) is 5.01 Å². The lowest BCUT2D eigenvalue weighted by molar-refractivity contribution is 0.0684. The van der Waals surface area contributed by atoms with Crippen molar-refractivity contribution in [2.24, 2.45) is 11.6 Å². The number of hydrogen-bond acceptors (Lipinski definition) is 8. The van der Waals surface area contributed by atoms with E-state index < -0.39 is 17.7 Å². The van der Waals surface area contributed by atoms with Gasteiger partial charge in [-0.2, -0.15) is 0 Å². The highest BCUT2D eigenvalue weighted by Gasteiger charge is 2.12. The molecule has 4 aromatic rings. The second-order valence-corrected chi connectivity index (χ2v) is 7.48. The van der Waals surface area contributed by atoms with Gasteiger partial charge in [0.25, 0.3) is 0 Å². The fraction of sp³-hybridized carbons (Fsp3) is 0. The van der Waals surface area contributed by atoms with E-state index >= 15 is 0 Å². The highest BCUT2D eigenvalue weighted by Crippen LogP contribution is 2.25. The van der Waals surface area contributed by atoms with E-state index in [1.807, 2.05) is 6.07 Å². The summed E-state index contributed by atoms with van der Waals surface area (Å²) in [6.45, 7) is 0. The first kappa shape index (κ1) is 23.0. The Balaban J connectivity index is 1.56. The van der Waals surface area contributed by atoms with E-state index in [-0.39, 0.29) is 11.1 Å². The molecule has 0 radical (unpaired) electrons. The third kappa shape index (κ3) is 4.94. The molecule has 176 valence electrons. The Kier molecular flexibility index (Phi) is 6.16. The number of carboxylic acid groups (broad SMARTS) is 2. The second kappa shape index (κ2) is 9.37. The fourth-order valence-electron chi connectivity index (χ4n) is 3.30. The molecule has 11 nitrogen and oxygen atoms in total. The number of hydrazine groups is 1. The van der Waals surface area contributed by atoms with Gasteiger partial charge in [0, 0.05) is 17.8 Å². The number of aromatic nitrogens is 3. The van der Waals surface area contributed by atoms with E-state index in [9.17, 15) is 14.7 Å². The van der Waals surface area contributed by atoms with Crippen LogP contribution in [0.4, 0.5) is 5.69 Å². The molecule has 0 amide bonds. The third-order valence-corrected chi connectivity index (χ3v) is 5.15. The zero-order chi connectivity index (χ0) is 25.1. The minimum Gasteiger partial charge on any atom is -0.507 e. The number of carbonyl (C=O) groups is 2. The van der Waals surface area contributed by atoms with Gasteiger partial charge in [-0.25, -0.2) is 20.1 Å². The molecule has 1 aromatic heterocycles. The summed E-state index contributed by atoms with van der Waals surface area (Å²) < 4.78 is 1.53. The molecule has 7 N–H and O–H groups in total. The van der Waals surface area contributed by atoms with E-state index in [0.29, 0.717) is 28.3 Å². The SMILES string of the molecule is N/C(=C\N(N)c1ccc(C(=O)O)c(O)c1)c1cccc(-c2cn(-c3ccc(C(=O)O)cc3)nn2)c1. The fourth-order valence-corrected chi connectivity index (χ4v) is 3.30. The molecule has 0 saturated carbocycles. The second-order valence-electron chi connectivity index (χ2n) is 7.48. The van der Waals surface area contributed by atoms with Crippen molar-refractivity contribution < 1.29 is 24.9 Å². The lowest BCUT2D eigenvalue weighted by atomic mass is 10.1. The first-order valence-electron chi connectivity index (χ1n) is 10.2. The van der Waals surface area contributed by atoms with Crippen LogP contribution in [0.3, 0.4) is 0 Å². The van der Waals surface area contributed by atoms with Crippen LogP contribution in [-0.2, 0) is 0 Å². The Morgan fingerprint density at radius 1 is 0.943 bits per heavy atom. The average Bonchev–Trinajstić information content (AvgIpc) is 3.34. The summed E-state index contributed by atoms with van der Waals surface area (Å²) >= 11 is 0. The first-order valence-corrected chi connectivity index (χ1v) is 10.2. The van der Waals surface area contributed by atoms with Gasteiger partial charge in [0.15, 0.2) is 0 Å². The Hall–Kier alpha value is -5.16. The van der Waals surface area contributed by atoms with Crippen LogP contribution >= 0.6 is 0 Å². The van der Waals surface area contributed by atoms with Crippen molar-refractivity contribution in [1.29, 1.82) is 0 Å². The number of nitrogens with zero attached hydrogens (tertiary/aromatic N) is 4. The maximum absolute atomic E-state index is 11.1. The van der Waals surface area contributed by atoms with E-state index in [2.05, 4.69) is 10.3 Å². The van der Waals surface area contributed by atoms with Crippen LogP contribution in [0.15, 0.2) is 79.1 Å². The van der Waals surface area contributed by atoms with Gasteiger partial charge in [-0.3, -0.25) is 5.01 Å². The number of benzene rings is 3. The number of anilines is 1. The van der Waals surface area contributed by atoms with Gasteiger partial charge in [-0.15, -0.1) is 5.10 Å². The molecular weight excluding hydrogens is 452 g/mol. The molecule has 0 spiro atoms. The van der Waals surface area contributed by atoms with Gasteiger partial charge in [0.1, 0.15) is 17.0 Å². The molecule has 0 unspecified atom stereocenters. The smallest absolute Gasteiger partial charge is 0.339 e. The molecular formula is C24H20N6O5. The van der Waals surface area contributed by atoms with Gasteiger partial charge in [-0.1, -0.05) is 23.4 Å². The number of phenols is 1. The predicted molar refractivity (Wildman–Crippen MR) is 128 cm³/mol. The average molecular weight is 472 g/mol. The number of hydrogen-bond donors (Lipinski definition) is 5. The Bertz CT molecular complexity index is 1450. The summed E-state index contributed by atoms with van der Waals surface area (Å²) in [6.07, 6.45) is 3.14. The molecule has 11 heteroatoms. The molecule has 3 aromatic carbocycles. The largest absolute Gasteiger partial charge is 0.507 e. The van der Waals surface area contributed by atoms with Crippen LogP contribution in [0.5, 0.6) is 5.75 Å². The zero-order valence-electron chi connectivity index (χ0n) is 18.1. The molecule has 0 fully saturated rings. The maximum atomic E-state index is 11.1. The lowest BCUT2D eigenvalue weighted by Crippen LogP contribution is -2.25.